The second-order valence-electron chi connectivity index (χ2n) is 6.19. The molecule has 8 heteroatoms. The van der Waals surface area contributed by atoms with Gasteiger partial charge >= 0.3 is 6.18 Å². The maximum atomic E-state index is 12.6. The van der Waals surface area contributed by atoms with E-state index in [1.54, 1.807) is 16.8 Å². The van der Waals surface area contributed by atoms with Crippen LogP contribution in [-0.2, 0) is 6.18 Å². The third-order valence-electron chi connectivity index (χ3n) is 4.14. The monoisotopic (exact) mass is 377 g/mol. The molecular formula is C19H18F3N3O2. The fraction of sp³-hybridized carbons (Fsp3) is 0.263. The van der Waals surface area contributed by atoms with Crippen LogP contribution in [0.5, 0.6) is 0 Å². The first kappa shape index (κ1) is 18.8. The van der Waals surface area contributed by atoms with Gasteiger partial charge in [0.25, 0.3) is 5.91 Å². The van der Waals surface area contributed by atoms with Gasteiger partial charge < -0.3 is 9.73 Å². The number of furan rings is 1. The Hall–Kier alpha value is -3.03. The lowest BCUT2D eigenvalue weighted by Gasteiger charge is -2.18. The number of aromatic nitrogens is 2. The molecule has 0 bridgehead atoms. The van der Waals surface area contributed by atoms with E-state index in [-0.39, 0.29) is 18.2 Å². The average molecular weight is 377 g/mol. The third kappa shape index (κ3) is 4.21. The van der Waals surface area contributed by atoms with E-state index in [1.807, 2.05) is 19.9 Å². The van der Waals surface area contributed by atoms with Crippen LogP contribution in [0.2, 0.25) is 0 Å². The van der Waals surface area contributed by atoms with Gasteiger partial charge in [-0.1, -0.05) is 0 Å². The van der Waals surface area contributed by atoms with Crippen LogP contribution < -0.4 is 5.32 Å². The molecule has 0 aliphatic rings. The van der Waals surface area contributed by atoms with Crippen molar-refractivity contribution in [1.29, 1.82) is 0 Å². The van der Waals surface area contributed by atoms with Crippen molar-refractivity contribution in [2.75, 3.05) is 6.54 Å². The second kappa shape index (κ2) is 7.30. The fourth-order valence-electron chi connectivity index (χ4n) is 2.85. The quantitative estimate of drug-likeness (QED) is 0.727. The van der Waals surface area contributed by atoms with E-state index in [1.165, 1.54) is 6.26 Å². The van der Waals surface area contributed by atoms with Crippen molar-refractivity contribution in [2.24, 2.45) is 0 Å². The van der Waals surface area contributed by atoms with Gasteiger partial charge in [-0.2, -0.15) is 18.3 Å². The number of nitrogens with one attached hydrogen (secondary N) is 1. The van der Waals surface area contributed by atoms with Crippen LogP contribution in [0, 0.1) is 13.8 Å². The number of halogens is 3. The highest BCUT2D eigenvalue weighted by molar-refractivity contribution is 5.94. The Kier molecular flexibility index (Phi) is 5.07. The molecule has 27 heavy (non-hydrogen) atoms. The third-order valence-corrected chi connectivity index (χ3v) is 4.14. The zero-order valence-corrected chi connectivity index (χ0v) is 14.7. The van der Waals surface area contributed by atoms with Gasteiger partial charge in [-0.3, -0.25) is 9.48 Å². The van der Waals surface area contributed by atoms with Gasteiger partial charge in [0.15, 0.2) is 0 Å². The summed E-state index contributed by atoms with van der Waals surface area (Å²) in [5.41, 5.74) is 1.08. The van der Waals surface area contributed by atoms with Gasteiger partial charge in [-0.25, -0.2) is 0 Å². The predicted octanol–water partition coefficient (Wildman–Crippen LogP) is 4.13. The number of carbonyl (C=O) groups is 1. The SMILES string of the molecule is Cc1cc(C)n(C(CNC(=O)c2ccc(C(F)(F)F)cc2)c2ccco2)n1. The largest absolute Gasteiger partial charge is 0.467 e. The Bertz CT molecular complexity index is 913. The molecule has 5 nitrogen and oxygen atoms in total. The zero-order valence-electron chi connectivity index (χ0n) is 14.7. The predicted molar refractivity (Wildman–Crippen MR) is 92.3 cm³/mol. The summed E-state index contributed by atoms with van der Waals surface area (Å²) in [6, 6.07) is 9.16. The minimum atomic E-state index is -4.44. The van der Waals surface area contributed by atoms with Gasteiger partial charge in [-0.05, 0) is 56.3 Å². The smallest absolute Gasteiger partial charge is 0.416 e. The molecule has 142 valence electrons. The number of rotatable bonds is 5. The van der Waals surface area contributed by atoms with E-state index in [0.717, 1.165) is 35.7 Å². The summed E-state index contributed by atoms with van der Waals surface area (Å²) in [5, 5.41) is 7.18. The lowest BCUT2D eigenvalue weighted by Crippen LogP contribution is -2.32. The first-order chi connectivity index (χ1) is 12.8. The van der Waals surface area contributed by atoms with Crippen LogP contribution in [0.25, 0.3) is 0 Å². The van der Waals surface area contributed by atoms with E-state index in [9.17, 15) is 18.0 Å². The number of alkyl halides is 3. The topological polar surface area (TPSA) is 60.1 Å². The van der Waals surface area contributed by atoms with Crippen molar-refractivity contribution >= 4 is 5.91 Å². The summed E-state index contributed by atoms with van der Waals surface area (Å²) < 4.78 is 45.1. The molecule has 0 spiro atoms. The number of aryl methyl sites for hydroxylation is 2. The van der Waals surface area contributed by atoms with E-state index in [0.29, 0.717) is 5.76 Å². The van der Waals surface area contributed by atoms with E-state index in [4.69, 9.17) is 4.42 Å². The van der Waals surface area contributed by atoms with Crippen molar-refractivity contribution in [2.45, 2.75) is 26.1 Å². The van der Waals surface area contributed by atoms with Gasteiger partial charge in [0.1, 0.15) is 11.8 Å². The van der Waals surface area contributed by atoms with Gasteiger partial charge in [0.05, 0.1) is 17.5 Å². The van der Waals surface area contributed by atoms with Crippen molar-refractivity contribution in [1.82, 2.24) is 15.1 Å². The molecule has 0 fully saturated rings. The molecule has 1 amide bonds. The molecule has 2 heterocycles. The van der Waals surface area contributed by atoms with Crippen molar-refractivity contribution in [3.8, 4) is 0 Å². The standard InChI is InChI=1S/C19H18F3N3O2/c1-12-10-13(2)25(24-12)16(17-4-3-9-27-17)11-23-18(26)14-5-7-15(8-6-14)19(20,21)22/h3-10,16H,11H2,1-2H3,(H,23,26). The van der Waals surface area contributed by atoms with Crippen LogP contribution in [0.4, 0.5) is 13.2 Å². The fourth-order valence-corrected chi connectivity index (χ4v) is 2.85. The zero-order chi connectivity index (χ0) is 19.6. The number of hydrogen-bond donors (Lipinski definition) is 1. The van der Waals surface area contributed by atoms with Crippen molar-refractivity contribution in [3.05, 3.63) is 77.0 Å². The van der Waals surface area contributed by atoms with Crippen LogP contribution >= 0.6 is 0 Å². The van der Waals surface area contributed by atoms with E-state index >= 15 is 0 Å². The maximum Gasteiger partial charge on any atom is 0.416 e. The highest BCUT2D eigenvalue weighted by Crippen LogP contribution is 2.29. The molecule has 0 radical (unpaired) electrons. The normalized spacial score (nSPS) is 12.8. The first-order valence-electron chi connectivity index (χ1n) is 8.27. The summed E-state index contributed by atoms with van der Waals surface area (Å²) in [6.07, 6.45) is -2.90. The number of amides is 1. The van der Waals surface area contributed by atoms with E-state index < -0.39 is 17.6 Å². The highest BCUT2D eigenvalue weighted by Gasteiger charge is 2.30. The molecule has 0 aliphatic carbocycles. The molecule has 0 saturated carbocycles. The molecule has 1 N–H and O–H groups in total. The minimum Gasteiger partial charge on any atom is -0.467 e. The molecule has 0 saturated heterocycles. The lowest BCUT2D eigenvalue weighted by atomic mass is 10.1. The van der Waals surface area contributed by atoms with Crippen molar-refractivity contribution in [3.63, 3.8) is 0 Å². The van der Waals surface area contributed by atoms with Crippen LogP contribution in [0.3, 0.4) is 0 Å². The summed E-state index contributed by atoms with van der Waals surface area (Å²) in [7, 11) is 0. The molecule has 0 aliphatic heterocycles. The van der Waals surface area contributed by atoms with Crippen molar-refractivity contribution < 1.29 is 22.4 Å². The Morgan fingerprint density at radius 2 is 1.93 bits per heavy atom. The summed E-state index contributed by atoms with van der Waals surface area (Å²) in [5.74, 6) is 0.149. The maximum absolute atomic E-state index is 12.6. The Labute approximate surface area is 153 Å². The average Bonchev–Trinajstić information content (AvgIpc) is 3.25. The second-order valence-corrected chi connectivity index (χ2v) is 6.19. The van der Waals surface area contributed by atoms with Gasteiger partial charge in [-0.15, -0.1) is 0 Å². The number of benzene rings is 1. The highest BCUT2D eigenvalue weighted by atomic mass is 19.4. The lowest BCUT2D eigenvalue weighted by molar-refractivity contribution is -0.137. The molecule has 2 aromatic heterocycles. The van der Waals surface area contributed by atoms with Crippen LogP contribution in [-0.4, -0.2) is 22.2 Å². The summed E-state index contributed by atoms with van der Waals surface area (Å²) in [6.45, 7) is 3.94. The molecule has 3 rings (SSSR count). The molecule has 1 atom stereocenters. The molecule has 1 aromatic carbocycles. The first-order valence-corrected chi connectivity index (χ1v) is 8.27. The van der Waals surface area contributed by atoms with Gasteiger partial charge in [0, 0.05) is 17.8 Å². The number of nitrogens with zero attached hydrogens (tertiary/aromatic N) is 2. The van der Waals surface area contributed by atoms with Crippen LogP contribution in [0.1, 0.15) is 39.1 Å². The Morgan fingerprint density at radius 1 is 1.22 bits per heavy atom. The summed E-state index contributed by atoms with van der Waals surface area (Å²) >= 11 is 0. The minimum absolute atomic E-state index is 0.148. The molecule has 3 aromatic rings. The van der Waals surface area contributed by atoms with Crippen LogP contribution in [0.15, 0.2) is 53.1 Å². The molecule has 1 unspecified atom stereocenters. The van der Waals surface area contributed by atoms with E-state index in [2.05, 4.69) is 10.4 Å². The molecular weight excluding hydrogens is 359 g/mol. The Balaban J connectivity index is 1.76. The summed E-state index contributed by atoms with van der Waals surface area (Å²) in [4.78, 5) is 12.3. The Morgan fingerprint density at radius 3 is 2.44 bits per heavy atom. The number of carbonyl (C=O) groups excluding carboxylic acids is 1. The number of hydrogen-bond acceptors (Lipinski definition) is 3. The van der Waals surface area contributed by atoms with Gasteiger partial charge in [0.2, 0.25) is 0 Å².